The molecule has 0 aromatic heterocycles. The number of phenols is 4. The molecule has 2 heterocycles. The van der Waals surface area contributed by atoms with Crippen LogP contribution < -0.4 is 0 Å². The smallest absolute Gasteiger partial charge is 0.157 e. The number of aromatic hydroxyl groups is 4. The Bertz CT molecular complexity index is 1500. The van der Waals surface area contributed by atoms with Crippen molar-refractivity contribution in [2.75, 3.05) is 14.1 Å². The lowest BCUT2D eigenvalue weighted by Gasteiger charge is -2.29. The van der Waals surface area contributed by atoms with Crippen LogP contribution >= 0.6 is 0 Å². The standard InChI is InChI=1S/2C16H17NO2.H2O4S/c2*1-17(9-12-5-3-2-4-6-12)10-13-7-15(18)16(19)8-14(13)11-17;1-5(2,3)4/h2*2-8H,9-11H2,1H3,(H-,18,19);(H2,1,2,3,4). The predicted molar refractivity (Wildman–Crippen MR) is 157 cm³/mol. The molecule has 6 rings (SSSR count). The van der Waals surface area contributed by atoms with Gasteiger partial charge in [-0.3, -0.25) is 8.42 Å². The highest BCUT2D eigenvalue weighted by Gasteiger charge is 2.34. The molecule has 2 aliphatic rings. The van der Waals surface area contributed by atoms with E-state index in [1.807, 2.05) is 12.1 Å². The molecule has 10 nitrogen and oxygen atoms in total. The lowest BCUT2D eigenvalue weighted by atomic mass is 10.1. The van der Waals surface area contributed by atoms with Crippen LogP contribution in [0.2, 0.25) is 0 Å². The second-order valence-corrected chi connectivity index (χ2v) is 12.6. The Labute approximate surface area is 251 Å². The molecule has 0 aliphatic carbocycles. The summed E-state index contributed by atoms with van der Waals surface area (Å²) in [5.41, 5.74) is 7.16. The van der Waals surface area contributed by atoms with E-state index in [9.17, 15) is 20.4 Å². The Kier molecular flexibility index (Phi) is 9.33. The van der Waals surface area contributed by atoms with Gasteiger partial charge in [-0.1, -0.05) is 60.7 Å². The average Bonchev–Trinajstić information content (AvgIpc) is 3.39. The predicted octanol–water partition coefficient (Wildman–Crippen LogP) is 4.18. The fraction of sp³-hybridized carbons (Fsp3) is 0.250. The molecule has 0 fully saturated rings. The summed E-state index contributed by atoms with van der Waals surface area (Å²) in [6, 6.07) is 27.6. The largest absolute Gasteiger partial charge is 0.759 e. The molecule has 0 bridgehead atoms. The van der Waals surface area contributed by atoms with Crippen LogP contribution in [-0.4, -0.2) is 61.0 Å². The van der Waals surface area contributed by atoms with Gasteiger partial charge in [0.15, 0.2) is 23.0 Å². The maximum Gasteiger partial charge on any atom is 0.157 e. The first-order valence-corrected chi connectivity index (χ1v) is 14.9. The summed E-state index contributed by atoms with van der Waals surface area (Å²) < 4.78 is 35.8. The third kappa shape index (κ3) is 8.93. The minimum atomic E-state index is -5.17. The molecular weight excluding hydrogens is 572 g/mol. The Balaban J connectivity index is 0.000000171. The van der Waals surface area contributed by atoms with Gasteiger partial charge in [-0.15, -0.1) is 0 Å². The van der Waals surface area contributed by atoms with Crippen LogP contribution in [0, 0.1) is 0 Å². The summed E-state index contributed by atoms with van der Waals surface area (Å²) in [7, 11) is -0.748. The Morgan fingerprint density at radius 1 is 0.558 bits per heavy atom. The zero-order valence-electron chi connectivity index (χ0n) is 24.1. The van der Waals surface area contributed by atoms with Crippen molar-refractivity contribution in [1.82, 2.24) is 0 Å². The number of nitrogens with zero attached hydrogens (tertiary/aromatic N) is 2. The monoisotopic (exact) mass is 608 g/mol. The molecule has 4 aromatic rings. The number of quaternary nitrogens is 2. The molecule has 0 radical (unpaired) electrons. The van der Waals surface area contributed by atoms with Gasteiger partial charge < -0.3 is 38.5 Å². The quantitative estimate of drug-likeness (QED) is 0.116. The number of fused-ring (bicyclic) bond motifs is 2. The molecule has 228 valence electrons. The molecule has 4 N–H and O–H groups in total. The van der Waals surface area contributed by atoms with Crippen molar-refractivity contribution in [2.24, 2.45) is 0 Å². The molecule has 0 saturated heterocycles. The van der Waals surface area contributed by atoms with Gasteiger partial charge in [-0.2, -0.15) is 0 Å². The zero-order chi connectivity index (χ0) is 31.4. The Morgan fingerprint density at radius 3 is 1.02 bits per heavy atom. The Morgan fingerprint density at radius 2 is 0.791 bits per heavy atom. The van der Waals surface area contributed by atoms with Crippen molar-refractivity contribution in [3.8, 4) is 23.0 Å². The molecule has 4 aromatic carbocycles. The normalized spacial score (nSPS) is 15.7. The van der Waals surface area contributed by atoms with E-state index in [1.54, 1.807) is 24.3 Å². The lowest BCUT2D eigenvalue weighted by Crippen LogP contribution is -2.37. The van der Waals surface area contributed by atoms with Crippen LogP contribution in [-0.2, 0) is 49.7 Å². The molecule has 43 heavy (non-hydrogen) atoms. The van der Waals surface area contributed by atoms with Crippen molar-refractivity contribution in [2.45, 2.75) is 39.3 Å². The van der Waals surface area contributed by atoms with E-state index in [-0.39, 0.29) is 23.0 Å². The van der Waals surface area contributed by atoms with Crippen molar-refractivity contribution in [1.29, 1.82) is 0 Å². The highest BCUT2D eigenvalue weighted by Crippen LogP contribution is 2.38. The zero-order valence-corrected chi connectivity index (χ0v) is 24.9. The first-order chi connectivity index (χ1) is 20.1. The number of phenolic OH excluding ortho intramolecular Hbond substituents is 4. The Hall–Kier alpha value is -4.13. The van der Waals surface area contributed by atoms with Crippen LogP contribution in [0.15, 0.2) is 84.9 Å². The van der Waals surface area contributed by atoms with E-state index >= 15 is 0 Å². The highest BCUT2D eigenvalue weighted by atomic mass is 32.3. The van der Waals surface area contributed by atoms with Crippen LogP contribution in [0.4, 0.5) is 0 Å². The van der Waals surface area contributed by atoms with E-state index in [1.165, 1.54) is 11.1 Å². The molecule has 0 unspecified atom stereocenters. The minimum Gasteiger partial charge on any atom is -0.759 e. The van der Waals surface area contributed by atoms with Crippen molar-refractivity contribution >= 4 is 10.4 Å². The second-order valence-electron chi connectivity index (χ2n) is 11.8. The fourth-order valence-corrected chi connectivity index (χ4v) is 5.94. The molecule has 2 aliphatic heterocycles. The van der Waals surface area contributed by atoms with Crippen molar-refractivity contribution in [3.05, 3.63) is 118 Å². The van der Waals surface area contributed by atoms with Crippen LogP contribution in [0.1, 0.15) is 33.4 Å². The molecule has 0 saturated carbocycles. The van der Waals surface area contributed by atoms with Crippen LogP contribution in [0.5, 0.6) is 23.0 Å². The maximum absolute atomic E-state index is 9.59. The van der Waals surface area contributed by atoms with Crippen molar-refractivity contribution < 1.29 is 46.9 Å². The number of hydrogen-bond acceptors (Lipinski definition) is 8. The maximum atomic E-state index is 9.59. The van der Waals surface area contributed by atoms with Crippen LogP contribution in [0.3, 0.4) is 0 Å². The van der Waals surface area contributed by atoms with Gasteiger partial charge >= 0.3 is 0 Å². The van der Waals surface area contributed by atoms with E-state index < -0.39 is 10.4 Å². The number of rotatable bonds is 4. The molecule has 0 amide bonds. The highest BCUT2D eigenvalue weighted by molar-refractivity contribution is 7.79. The van der Waals surface area contributed by atoms with Gasteiger partial charge in [-0.25, -0.2) is 0 Å². The molecule has 0 spiro atoms. The van der Waals surface area contributed by atoms with Gasteiger partial charge in [0.2, 0.25) is 0 Å². The fourth-order valence-electron chi connectivity index (χ4n) is 5.94. The SMILES string of the molecule is C[N+]1(Cc2ccccc2)Cc2cc(O)c(O)cc2C1.C[N+]1(Cc2ccccc2)Cc2cc(O)c(O)cc2C1.O=S(=O)([O-])[O-]. The summed E-state index contributed by atoms with van der Waals surface area (Å²) >= 11 is 0. The summed E-state index contributed by atoms with van der Waals surface area (Å²) in [5.74, 6) is -0.0855. The minimum absolute atomic E-state index is 0.0214. The molecular formula is C32H36N2O8S. The number of benzene rings is 4. The summed E-state index contributed by atoms with van der Waals surface area (Å²) in [5, 5.41) is 38.3. The van der Waals surface area contributed by atoms with E-state index in [0.717, 1.165) is 70.5 Å². The summed E-state index contributed by atoms with van der Waals surface area (Å²) in [6.45, 7) is 5.46. The third-order valence-electron chi connectivity index (χ3n) is 7.62. The second kappa shape index (κ2) is 12.6. The van der Waals surface area contributed by atoms with Crippen molar-refractivity contribution in [3.63, 3.8) is 0 Å². The van der Waals surface area contributed by atoms with Gasteiger partial charge in [0, 0.05) is 43.8 Å². The van der Waals surface area contributed by atoms with Gasteiger partial charge in [-0.05, 0) is 24.3 Å². The first-order valence-electron chi connectivity index (χ1n) is 13.6. The van der Waals surface area contributed by atoms with Crippen LogP contribution in [0.25, 0.3) is 0 Å². The molecule has 11 heteroatoms. The average molecular weight is 609 g/mol. The van der Waals surface area contributed by atoms with Gasteiger partial charge in [0.1, 0.15) is 39.3 Å². The van der Waals surface area contributed by atoms with E-state index in [4.69, 9.17) is 17.5 Å². The topological polar surface area (TPSA) is 161 Å². The first kappa shape index (κ1) is 31.8. The third-order valence-corrected chi connectivity index (χ3v) is 7.62. The van der Waals surface area contributed by atoms with E-state index in [2.05, 4.69) is 62.6 Å². The van der Waals surface area contributed by atoms with Gasteiger partial charge in [0.05, 0.1) is 14.1 Å². The lowest BCUT2D eigenvalue weighted by molar-refractivity contribution is -0.941. The summed E-state index contributed by atoms with van der Waals surface area (Å²) in [4.78, 5) is 0. The number of hydrogen-bond donors (Lipinski definition) is 4. The molecule has 0 atom stereocenters. The summed E-state index contributed by atoms with van der Waals surface area (Å²) in [6.07, 6.45) is 0. The van der Waals surface area contributed by atoms with Gasteiger partial charge in [0.25, 0.3) is 0 Å². The van der Waals surface area contributed by atoms with E-state index in [0.29, 0.717) is 0 Å².